The fraction of sp³-hybridized carbons (Fsp3) is 0.333. The van der Waals surface area contributed by atoms with Gasteiger partial charge in [0.15, 0.2) is 0 Å². The molecule has 0 amide bonds. The summed E-state index contributed by atoms with van der Waals surface area (Å²) in [6.07, 6.45) is 1.09. The summed E-state index contributed by atoms with van der Waals surface area (Å²) in [7, 11) is 0. The smallest absolute Gasteiger partial charge is 0.133 e. The van der Waals surface area contributed by atoms with E-state index in [4.69, 9.17) is 0 Å². The molecule has 0 saturated carbocycles. The van der Waals surface area contributed by atoms with Crippen LogP contribution in [-0.4, -0.2) is 10.7 Å². The summed E-state index contributed by atoms with van der Waals surface area (Å²) in [6.45, 7) is 0. The molecule has 0 N–H and O–H groups in total. The number of thioether (sulfide) groups is 1. The molecular weight excluding hydrogens is 114 g/mol. The van der Waals surface area contributed by atoms with Crippen molar-refractivity contribution in [2.45, 2.75) is 0 Å². The number of quaternary nitrogens is 1. The van der Waals surface area contributed by atoms with Crippen LogP contribution in [0.25, 0.3) is 0 Å². The van der Waals surface area contributed by atoms with E-state index in [0.717, 1.165) is 6.20 Å². The predicted molar refractivity (Wildman–Crippen MR) is 28.6 cm³/mol. The van der Waals surface area contributed by atoms with Crippen LogP contribution in [0.1, 0.15) is 0 Å². The number of hydrogen-bond acceptors (Lipinski definition) is 3. The highest BCUT2D eigenvalue weighted by atomic mass is 32.2. The maximum Gasteiger partial charge on any atom is 0.133 e. The Kier molecular flexibility index (Phi) is 1.08. The van der Waals surface area contributed by atoms with Crippen LogP contribution in [-0.2, 0) is 0 Å². The fourth-order valence-electron chi connectivity index (χ4n) is 0.326. The van der Waals surface area contributed by atoms with E-state index in [9.17, 15) is 10.4 Å². The summed E-state index contributed by atoms with van der Waals surface area (Å²) in [5, 5.41) is 21.9. The first kappa shape index (κ1) is 5.11. The van der Waals surface area contributed by atoms with E-state index in [2.05, 4.69) is 0 Å². The number of hydroxylamine groups is 4. The van der Waals surface area contributed by atoms with Gasteiger partial charge in [-0.2, -0.15) is 0 Å². The summed E-state index contributed by atoms with van der Waals surface area (Å²) >= 11 is 1.25. The van der Waals surface area contributed by atoms with Crippen LogP contribution < -0.4 is 0 Å². The summed E-state index contributed by atoms with van der Waals surface area (Å²) < 4.78 is 0. The van der Waals surface area contributed by atoms with Gasteiger partial charge in [0.25, 0.3) is 0 Å². The van der Waals surface area contributed by atoms with E-state index in [1.807, 2.05) is 0 Å². The van der Waals surface area contributed by atoms with Gasteiger partial charge in [0.05, 0.1) is 0 Å². The lowest BCUT2D eigenvalue weighted by Crippen LogP contribution is -2.24. The average Bonchev–Trinajstić information content (AvgIpc) is 1.84. The van der Waals surface area contributed by atoms with Crippen molar-refractivity contribution in [1.29, 1.82) is 0 Å². The van der Waals surface area contributed by atoms with Gasteiger partial charge in [-0.3, -0.25) is 0 Å². The highest BCUT2D eigenvalue weighted by Gasteiger charge is 2.04. The van der Waals surface area contributed by atoms with Crippen LogP contribution in [0, 0.1) is 10.4 Å². The third-order valence-electron chi connectivity index (χ3n) is 0.639. The van der Waals surface area contributed by atoms with Gasteiger partial charge in [-0.1, -0.05) is 11.8 Å². The Morgan fingerprint density at radius 3 is 2.43 bits per heavy atom. The molecular formula is C3H4NO2S-. The molecule has 3 nitrogen and oxygen atoms in total. The number of rotatable bonds is 0. The van der Waals surface area contributed by atoms with Crippen LogP contribution in [0.15, 0.2) is 11.6 Å². The topological polar surface area (TPSA) is 46.1 Å². The number of nitrogens with zero attached hydrogens (tertiary/aromatic N) is 1. The van der Waals surface area contributed by atoms with E-state index < -0.39 is 4.81 Å². The summed E-state index contributed by atoms with van der Waals surface area (Å²) in [4.78, 5) is -1.47. The molecule has 0 aromatic heterocycles. The third kappa shape index (κ3) is 1.17. The SMILES string of the molecule is [O-][N+]1([O-])C=CSC1. The van der Waals surface area contributed by atoms with Crippen LogP contribution >= 0.6 is 11.8 Å². The van der Waals surface area contributed by atoms with Crippen LogP contribution in [0.3, 0.4) is 0 Å². The summed E-state index contributed by atoms with van der Waals surface area (Å²) in [6, 6.07) is 0. The second-order valence-corrected chi connectivity index (χ2v) is 2.17. The maximum absolute atomic E-state index is 10.2. The van der Waals surface area contributed by atoms with Gasteiger partial charge in [0.2, 0.25) is 0 Å². The molecule has 0 aromatic rings. The van der Waals surface area contributed by atoms with E-state index in [1.165, 1.54) is 17.2 Å². The van der Waals surface area contributed by atoms with Gasteiger partial charge in [0.1, 0.15) is 12.1 Å². The Morgan fingerprint density at radius 1 is 1.57 bits per heavy atom. The fourth-order valence-corrected chi connectivity index (χ4v) is 0.977. The Balaban J connectivity index is 2.57. The molecule has 0 bridgehead atoms. The quantitative estimate of drug-likeness (QED) is 0.351. The molecule has 7 heavy (non-hydrogen) atoms. The highest BCUT2D eigenvalue weighted by Crippen LogP contribution is 2.20. The van der Waals surface area contributed by atoms with E-state index in [1.54, 1.807) is 0 Å². The molecule has 1 aliphatic heterocycles. The first-order valence-electron chi connectivity index (χ1n) is 1.80. The van der Waals surface area contributed by atoms with Crippen LogP contribution in [0.2, 0.25) is 0 Å². The largest absolute Gasteiger partial charge is 0.626 e. The molecule has 0 aromatic carbocycles. The molecule has 40 valence electrons. The second-order valence-electron chi connectivity index (χ2n) is 1.31. The lowest BCUT2D eigenvalue weighted by atomic mass is 11.0. The molecule has 1 rings (SSSR count). The first-order chi connectivity index (χ1) is 3.21. The zero-order valence-electron chi connectivity index (χ0n) is 3.53. The minimum atomic E-state index is -1.47. The number of hydrogen-bond donors (Lipinski definition) is 0. The van der Waals surface area contributed by atoms with Crippen molar-refractivity contribution >= 4 is 11.8 Å². The van der Waals surface area contributed by atoms with Gasteiger partial charge >= 0.3 is 0 Å². The zero-order chi connectivity index (χ0) is 5.33. The maximum atomic E-state index is 10.2. The van der Waals surface area contributed by atoms with E-state index in [-0.39, 0.29) is 5.88 Å². The Bertz CT molecular complexity index is 101. The molecule has 0 fully saturated rings. The zero-order valence-corrected chi connectivity index (χ0v) is 4.35. The average molecular weight is 118 g/mol. The Morgan fingerprint density at radius 2 is 2.29 bits per heavy atom. The summed E-state index contributed by atoms with van der Waals surface area (Å²) in [5.41, 5.74) is 0. The molecule has 1 aliphatic rings. The molecule has 0 unspecified atom stereocenters. The molecule has 0 atom stereocenters. The van der Waals surface area contributed by atoms with Gasteiger partial charge in [-0.15, -0.1) is 0 Å². The Labute approximate surface area is 45.4 Å². The highest BCUT2D eigenvalue weighted by molar-refractivity contribution is 8.02. The first-order valence-corrected chi connectivity index (χ1v) is 2.85. The van der Waals surface area contributed by atoms with Gasteiger partial charge in [0, 0.05) is 5.41 Å². The molecule has 0 spiro atoms. The van der Waals surface area contributed by atoms with Crippen molar-refractivity contribution in [3.63, 3.8) is 0 Å². The van der Waals surface area contributed by atoms with Gasteiger partial charge < -0.3 is 15.2 Å². The van der Waals surface area contributed by atoms with Crippen molar-refractivity contribution in [3.05, 3.63) is 22.0 Å². The van der Waals surface area contributed by atoms with Crippen LogP contribution in [0.5, 0.6) is 0 Å². The van der Waals surface area contributed by atoms with Crippen molar-refractivity contribution < 1.29 is 4.81 Å². The predicted octanol–water partition coefficient (Wildman–Crippen LogP) is 0.974. The molecule has 0 radical (unpaired) electrons. The van der Waals surface area contributed by atoms with Gasteiger partial charge in [-0.25, -0.2) is 0 Å². The molecule has 0 saturated heterocycles. The second kappa shape index (κ2) is 1.48. The minimum absolute atomic E-state index is 0.0833. The normalized spacial score (nSPS) is 26.0. The van der Waals surface area contributed by atoms with E-state index >= 15 is 0 Å². The lowest BCUT2D eigenvalue weighted by Gasteiger charge is -2.38. The summed E-state index contributed by atoms with van der Waals surface area (Å²) in [5.74, 6) is 0.0833. The van der Waals surface area contributed by atoms with E-state index in [0.29, 0.717) is 0 Å². The van der Waals surface area contributed by atoms with Crippen molar-refractivity contribution in [1.82, 2.24) is 0 Å². The monoisotopic (exact) mass is 118 g/mol. The third-order valence-corrected chi connectivity index (χ3v) is 1.46. The van der Waals surface area contributed by atoms with Gasteiger partial charge in [-0.05, 0) is 0 Å². The van der Waals surface area contributed by atoms with Crippen LogP contribution in [0.4, 0.5) is 0 Å². The Hall–Kier alpha value is -0.0300. The standard InChI is InChI=1S/C3H4NO2S/c5-4(6)1-2-7-3-4/h1-2H,3H2/q-1. The molecule has 0 aliphatic carbocycles. The van der Waals surface area contributed by atoms with Crippen molar-refractivity contribution in [3.8, 4) is 0 Å². The molecule has 4 heteroatoms. The minimum Gasteiger partial charge on any atom is -0.626 e. The van der Waals surface area contributed by atoms with Crippen molar-refractivity contribution in [2.24, 2.45) is 0 Å². The molecule has 1 heterocycles. The van der Waals surface area contributed by atoms with Crippen molar-refractivity contribution in [2.75, 3.05) is 5.88 Å². The lowest BCUT2D eigenvalue weighted by molar-refractivity contribution is -0.757.